The minimum Gasteiger partial charge on any atom is -0.457 e. The van der Waals surface area contributed by atoms with Crippen molar-refractivity contribution >= 4 is 34.9 Å². The van der Waals surface area contributed by atoms with Gasteiger partial charge in [-0.2, -0.15) is 0 Å². The molecule has 1 atom stereocenters. The number of rotatable bonds is 14. The summed E-state index contributed by atoms with van der Waals surface area (Å²) in [6.45, 7) is 4.38. The van der Waals surface area contributed by atoms with Gasteiger partial charge in [0.05, 0.1) is 0 Å². The average Bonchev–Trinajstić information content (AvgIpc) is 3.02. The molecule has 1 N–H and O–H groups in total. The third-order valence-corrected chi connectivity index (χ3v) is 7.51. The van der Waals surface area contributed by atoms with Crippen LogP contribution in [0.5, 0.6) is 11.5 Å². The maximum atomic E-state index is 13.2. The van der Waals surface area contributed by atoms with Crippen LogP contribution in [0.4, 0.5) is 10.1 Å². The minimum absolute atomic E-state index is 0.0446. The Morgan fingerprint density at radius 2 is 1.39 bits per heavy atom. The van der Waals surface area contributed by atoms with Gasteiger partial charge >= 0.3 is 5.97 Å². The summed E-state index contributed by atoms with van der Waals surface area (Å²) in [5, 5.41) is 2.80. The molecule has 44 heavy (non-hydrogen) atoms. The van der Waals surface area contributed by atoms with Crippen molar-refractivity contribution in [3.05, 3.63) is 126 Å². The summed E-state index contributed by atoms with van der Waals surface area (Å²) in [4.78, 5) is 37.4. The normalized spacial score (nSPS) is 11.8. The van der Waals surface area contributed by atoms with Crippen LogP contribution in [0.3, 0.4) is 0 Å². The van der Waals surface area contributed by atoms with Gasteiger partial charge in [0, 0.05) is 41.8 Å². The highest BCUT2D eigenvalue weighted by Crippen LogP contribution is 2.33. The number of hydrogen-bond acceptors (Lipinski definition) is 5. The van der Waals surface area contributed by atoms with Gasteiger partial charge in [-0.3, -0.25) is 14.4 Å². The zero-order valence-corrected chi connectivity index (χ0v) is 25.5. The van der Waals surface area contributed by atoms with E-state index in [0.717, 1.165) is 12.1 Å². The predicted molar refractivity (Wildman–Crippen MR) is 170 cm³/mol. The number of amides is 1. The van der Waals surface area contributed by atoms with Gasteiger partial charge in [0.25, 0.3) is 0 Å². The molecule has 0 aliphatic carbocycles. The van der Waals surface area contributed by atoms with Crippen LogP contribution in [0.1, 0.15) is 61.0 Å². The highest BCUT2D eigenvalue weighted by Gasteiger charge is 2.24. The van der Waals surface area contributed by atoms with E-state index < -0.39 is 23.7 Å². The van der Waals surface area contributed by atoms with E-state index in [0.29, 0.717) is 17.2 Å². The largest absolute Gasteiger partial charge is 0.457 e. The number of hydrogen-bond donors (Lipinski definition) is 1. The van der Waals surface area contributed by atoms with Crippen LogP contribution in [0.15, 0.2) is 103 Å². The molecule has 8 heteroatoms. The number of carbonyl (C=O) groups is 3. The molecule has 4 aromatic rings. The van der Waals surface area contributed by atoms with Crippen LogP contribution < -0.4 is 10.1 Å². The Morgan fingerprint density at radius 1 is 0.795 bits per heavy atom. The van der Waals surface area contributed by atoms with E-state index in [9.17, 15) is 18.8 Å². The van der Waals surface area contributed by atoms with Crippen molar-refractivity contribution in [2.75, 3.05) is 11.2 Å². The molecule has 6 nitrogen and oxygen atoms in total. The fourth-order valence-electron chi connectivity index (χ4n) is 4.68. The first-order valence-corrected chi connectivity index (χ1v) is 15.0. The molecular formula is C36H35ClFNO5. The molecule has 0 saturated heterocycles. The molecule has 0 aliphatic rings. The Hall–Kier alpha value is -4.49. The molecule has 0 spiro atoms. The van der Waals surface area contributed by atoms with E-state index in [2.05, 4.69) is 43.4 Å². The third kappa shape index (κ3) is 9.01. The number of esters is 1. The van der Waals surface area contributed by atoms with Crippen LogP contribution in [0.2, 0.25) is 0 Å². The lowest BCUT2D eigenvalue weighted by Gasteiger charge is -2.26. The molecule has 0 aliphatic heterocycles. The zero-order chi connectivity index (χ0) is 31.5. The summed E-state index contributed by atoms with van der Waals surface area (Å²) in [6.07, 6.45) is -0.663. The van der Waals surface area contributed by atoms with E-state index in [1.807, 2.05) is 30.3 Å². The van der Waals surface area contributed by atoms with E-state index in [1.54, 1.807) is 24.3 Å². The Kier molecular flexibility index (Phi) is 11.3. The maximum Gasteiger partial charge on any atom is 0.306 e. The topological polar surface area (TPSA) is 81.7 Å². The Labute approximate surface area is 262 Å². The van der Waals surface area contributed by atoms with Crippen molar-refractivity contribution in [3.63, 3.8) is 0 Å². The second kappa shape index (κ2) is 15.3. The molecule has 228 valence electrons. The van der Waals surface area contributed by atoms with Crippen LogP contribution in [0.25, 0.3) is 0 Å². The SMILES string of the molecule is CC(C)(c1ccccc1)c1ccc(Oc2ccc(NC(=O)CCCC(=O)OC(CCCl)C(=O)c3ccc(F)cc3)cc2)cc1. The van der Waals surface area contributed by atoms with E-state index in [1.165, 1.54) is 23.3 Å². The highest BCUT2D eigenvalue weighted by atomic mass is 35.5. The Bertz CT molecular complexity index is 1540. The molecule has 1 amide bonds. The standard InChI is InChI=1S/C36H35ClFNO5/c1-36(2,26-7-4-3-5-8-26)27-13-19-30(20-14-27)43-31-21-17-29(18-22-31)39-33(40)9-6-10-34(41)44-32(23-24-37)35(42)25-11-15-28(38)16-12-25/h3-5,7-8,11-22,32H,6,9-10,23-24H2,1-2H3,(H,39,40). The zero-order valence-electron chi connectivity index (χ0n) is 24.7. The number of Topliss-reactive ketones (excluding diaryl/α,β-unsaturated/α-hetero) is 1. The fourth-order valence-corrected chi connectivity index (χ4v) is 4.88. The summed E-state index contributed by atoms with van der Waals surface area (Å²) in [7, 11) is 0. The number of benzene rings is 4. The molecular weight excluding hydrogens is 581 g/mol. The summed E-state index contributed by atoms with van der Waals surface area (Å²) in [6, 6.07) is 30.4. The molecule has 0 fully saturated rings. The molecule has 0 bridgehead atoms. The number of ether oxygens (including phenoxy) is 2. The van der Waals surface area contributed by atoms with Gasteiger partial charge in [-0.1, -0.05) is 56.3 Å². The van der Waals surface area contributed by atoms with Crippen LogP contribution in [0, 0.1) is 5.82 Å². The summed E-state index contributed by atoms with van der Waals surface area (Å²) in [5.74, 6) is -0.356. The first-order chi connectivity index (χ1) is 21.2. The third-order valence-electron chi connectivity index (χ3n) is 7.30. The molecule has 4 rings (SSSR count). The number of nitrogens with one attached hydrogen (secondary N) is 1. The van der Waals surface area contributed by atoms with Gasteiger partial charge < -0.3 is 14.8 Å². The molecule has 0 aromatic heterocycles. The summed E-state index contributed by atoms with van der Waals surface area (Å²) in [5.41, 5.74) is 3.09. The lowest BCUT2D eigenvalue weighted by atomic mass is 9.78. The van der Waals surface area contributed by atoms with Crippen molar-refractivity contribution in [1.82, 2.24) is 0 Å². The van der Waals surface area contributed by atoms with Crippen molar-refractivity contribution in [1.29, 1.82) is 0 Å². The Morgan fingerprint density at radius 3 is 2.00 bits per heavy atom. The summed E-state index contributed by atoms with van der Waals surface area (Å²) >= 11 is 5.79. The van der Waals surface area contributed by atoms with Gasteiger partial charge in [0.1, 0.15) is 17.3 Å². The van der Waals surface area contributed by atoms with Crippen LogP contribution in [-0.2, 0) is 19.7 Å². The van der Waals surface area contributed by atoms with Gasteiger partial charge in [0.2, 0.25) is 11.7 Å². The van der Waals surface area contributed by atoms with Gasteiger partial charge in [-0.15, -0.1) is 11.6 Å². The van der Waals surface area contributed by atoms with E-state index >= 15 is 0 Å². The van der Waals surface area contributed by atoms with E-state index in [4.69, 9.17) is 21.1 Å². The van der Waals surface area contributed by atoms with Gasteiger partial charge in [-0.25, -0.2) is 4.39 Å². The lowest BCUT2D eigenvalue weighted by Crippen LogP contribution is -2.28. The van der Waals surface area contributed by atoms with E-state index in [-0.39, 0.29) is 48.4 Å². The first kappa shape index (κ1) is 32.4. The molecule has 0 saturated carbocycles. The van der Waals surface area contributed by atoms with Crippen LogP contribution >= 0.6 is 11.6 Å². The smallest absolute Gasteiger partial charge is 0.306 e. The lowest BCUT2D eigenvalue weighted by molar-refractivity contribution is -0.147. The van der Waals surface area contributed by atoms with Crippen molar-refractivity contribution in [2.45, 2.75) is 51.0 Å². The molecule has 0 radical (unpaired) electrons. The van der Waals surface area contributed by atoms with Crippen molar-refractivity contribution in [2.24, 2.45) is 0 Å². The number of anilines is 1. The van der Waals surface area contributed by atoms with Crippen LogP contribution in [-0.4, -0.2) is 29.6 Å². The second-order valence-electron chi connectivity index (χ2n) is 10.9. The number of alkyl halides is 1. The number of halogens is 2. The molecule has 0 heterocycles. The van der Waals surface area contributed by atoms with Gasteiger partial charge in [0.15, 0.2) is 6.10 Å². The average molecular weight is 616 g/mol. The quantitative estimate of drug-likeness (QED) is 0.0874. The predicted octanol–water partition coefficient (Wildman–Crippen LogP) is 8.48. The Balaban J connectivity index is 1.22. The monoisotopic (exact) mass is 615 g/mol. The first-order valence-electron chi connectivity index (χ1n) is 14.4. The fraction of sp³-hybridized carbons (Fsp3) is 0.250. The molecule has 4 aromatic carbocycles. The minimum atomic E-state index is -1.07. The van der Waals surface area contributed by atoms with Crippen molar-refractivity contribution < 1.29 is 28.2 Å². The number of ketones is 1. The van der Waals surface area contributed by atoms with Crippen molar-refractivity contribution in [3.8, 4) is 11.5 Å². The maximum absolute atomic E-state index is 13.2. The second-order valence-corrected chi connectivity index (χ2v) is 11.2. The highest BCUT2D eigenvalue weighted by molar-refractivity contribution is 6.18. The summed E-state index contributed by atoms with van der Waals surface area (Å²) < 4.78 is 24.5. The van der Waals surface area contributed by atoms with Gasteiger partial charge in [-0.05, 0) is 78.2 Å². The molecule has 1 unspecified atom stereocenters. The number of carbonyl (C=O) groups excluding carboxylic acids is 3.